The number of aliphatic hydroxyl groups excluding tert-OH is 1. The van der Waals surface area contributed by atoms with Crippen LogP contribution in [0.25, 0.3) is 0 Å². The van der Waals surface area contributed by atoms with Gasteiger partial charge in [-0.25, -0.2) is 0 Å². The summed E-state index contributed by atoms with van der Waals surface area (Å²) in [6.45, 7) is 0. The van der Waals surface area contributed by atoms with Crippen molar-refractivity contribution in [2.75, 3.05) is 12.9 Å². The highest BCUT2D eigenvalue weighted by Crippen LogP contribution is 2.20. The van der Waals surface area contributed by atoms with Gasteiger partial charge in [-0.1, -0.05) is 50.3 Å². The number of rotatable bonds is 12. The fraction of sp³-hybridized carbons (Fsp3) is 0.611. The number of benzene rings is 1. The average Bonchev–Trinajstić information content (AvgIpc) is 2.56. The summed E-state index contributed by atoms with van der Waals surface area (Å²) in [5.74, 6) is 0.655. The normalized spacial score (nSPS) is 12.1. The van der Waals surface area contributed by atoms with E-state index in [1.165, 1.54) is 18.4 Å². The van der Waals surface area contributed by atoms with E-state index in [9.17, 15) is 9.90 Å². The lowest BCUT2D eigenvalue weighted by Gasteiger charge is -2.10. The van der Waals surface area contributed by atoms with Crippen LogP contribution in [0.3, 0.4) is 0 Å². The van der Waals surface area contributed by atoms with Gasteiger partial charge in [0.1, 0.15) is 0 Å². The Labute approximate surface area is 138 Å². The second kappa shape index (κ2) is 12.5. The summed E-state index contributed by atoms with van der Waals surface area (Å²) in [5, 5.41) is 9.97. The van der Waals surface area contributed by atoms with E-state index >= 15 is 0 Å². The van der Waals surface area contributed by atoms with E-state index in [4.69, 9.17) is 0 Å². The molecule has 4 heteroatoms. The number of thioether (sulfide) groups is 1. The summed E-state index contributed by atoms with van der Waals surface area (Å²) in [6, 6.07) is 10.2. The summed E-state index contributed by atoms with van der Waals surface area (Å²) in [7, 11) is 1.43. The Morgan fingerprint density at radius 3 is 2.41 bits per heavy atom. The number of aliphatic hydroxyl groups is 1. The molecule has 22 heavy (non-hydrogen) atoms. The lowest BCUT2D eigenvalue weighted by atomic mass is 10.1. The Bertz CT molecular complexity index is 395. The first-order valence-corrected chi connectivity index (χ1v) is 9.13. The average molecular weight is 324 g/mol. The molecule has 0 saturated heterocycles. The van der Waals surface area contributed by atoms with E-state index < -0.39 is 0 Å². The molecule has 0 spiro atoms. The van der Waals surface area contributed by atoms with Crippen LogP contribution in [0.4, 0.5) is 0 Å². The molecule has 1 aromatic carbocycles. The minimum absolute atomic E-state index is 0.112. The van der Waals surface area contributed by atoms with Crippen LogP contribution in [-0.2, 0) is 9.53 Å². The number of carbonyl (C=O) groups excluding carboxylic acids is 1. The van der Waals surface area contributed by atoms with E-state index in [2.05, 4.69) is 16.9 Å². The predicted molar refractivity (Wildman–Crippen MR) is 92.1 cm³/mol. The molecule has 3 nitrogen and oxygen atoms in total. The van der Waals surface area contributed by atoms with Crippen molar-refractivity contribution < 1.29 is 14.6 Å². The largest absolute Gasteiger partial charge is 0.469 e. The number of hydrogen-bond acceptors (Lipinski definition) is 4. The maximum Gasteiger partial charge on any atom is 0.305 e. The van der Waals surface area contributed by atoms with E-state index in [-0.39, 0.29) is 12.1 Å². The molecule has 0 amide bonds. The van der Waals surface area contributed by atoms with Crippen LogP contribution >= 0.6 is 11.8 Å². The van der Waals surface area contributed by atoms with Crippen molar-refractivity contribution in [2.24, 2.45) is 0 Å². The zero-order valence-corrected chi connectivity index (χ0v) is 14.3. The molecule has 0 aliphatic carbocycles. The van der Waals surface area contributed by atoms with Gasteiger partial charge in [-0.15, -0.1) is 11.8 Å². The highest BCUT2D eigenvalue weighted by atomic mass is 32.2. The van der Waals surface area contributed by atoms with Crippen molar-refractivity contribution in [3.05, 3.63) is 30.3 Å². The molecular weight excluding hydrogens is 296 g/mol. The van der Waals surface area contributed by atoms with Crippen LogP contribution in [0, 0.1) is 0 Å². The Morgan fingerprint density at radius 1 is 1.09 bits per heavy atom. The van der Waals surface area contributed by atoms with Gasteiger partial charge in [-0.2, -0.15) is 0 Å². The van der Waals surface area contributed by atoms with Gasteiger partial charge in [0.25, 0.3) is 0 Å². The number of esters is 1. The van der Waals surface area contributed by atoms with Crippen molar-refractivity contribution in [1.29, 1.82) is 0 Å². The maximum absolute atomic E-state index is 10.9. The minimum Gasteiger partial charge on any atom is -0.469 e. The third kappa shape index (κ3) is 9.85. The number of carbonyl (C=O) groups is 1. The highest BCUT2D eigenvalue weighted by molar-refractivity contribution is 7.99. The number of methoxy groups -OCH3 is 1. The molecule has 1 rings (SSSR count). The monoisotopic (exact) mass is 324 g/mol. The SMILES string of the molecule is COC(=O)CCCCCCCCC(O)CSc1ccccc1. The molecule has 0 saturated carbocycles. The van der Waals surface area contributed by atoms with Gasteiger partial charge in [0.05, 0.1) is 13.2 Å². The van der Waals surface area contributed by atoms with Gasteiger partial charge in [-0.05, 0) is 25.0 Å². The lowest BCUT2D eigenvalue weighted by molar-refractivity contribution is -0.140. The number of unbranched alkanes of at least 4 members (excludes halogenated alkanes) is 5. The zero-order valence-electron chi connectivity index (χ0n) is 13.5. The zero-order chi connectivity index (χ0) is 16.0. The van der Waals surface area contributed by atoms with Gasteiger partial charge in [0, 0.05) is 17.1 Å². The summed E-state index contributed by atoms with van der Waals surface area (Å²) in [5.41, 5.74) is 0. The highest BCUT2D eigenvalue weighted by Gasteiger charge is 2.05. The third-order valence-electron chi connectivity index (χ3n) is 3.58. The Balaban J connectivity index is 1.90. The third-order valence-corrected chi connectivity index (χ3v) is 4.74. The van der Waals surface area contributed by atoms with Gasteiger partial charge in [0.15, 0.2) is 0 Å². The van der Waals surface area contributed by atoms with Crippen molar-refractivity contribution >= 4 is 17.7 Å². The molecule has 0 heterocycles. The Morgan fingerprint density at radius 2 is 1.73 bits per heavy atom. The van der Waals surface area contributed by atoms with Crippen LogP contribution in [0.15, 0.2) is 35.2 Å². The molecular formula is C18H28O3S. The summed E-state index contributed by atoms with van der Waals surface area (Å²) in [4.78, 5) is 12.1. The molecule has 0 bridgehead atoms. The van der Waals surface area contributed by atoms with Crippen LogP contribution in [0.5, 0.6) is 0 Å². The number of ether oxygens (including phenoxy) is 1. The van der Waals surface area contributed by atoms with Gasteiger partial charge >= 0.3 is 5.97 Å². The van der Waals surface area contributed by atoms with Crippen LogP contribution in [0.1, 0.15) is 51.4 Å². The van der Waals surface area contributed by atoms with E-state index in [0.29, 0.717) is 6.42 Å². The minimum atomic E-state index is -0.218. The van der Waals surface area contributed by atoms with Gasteiger partial charge < -0.3 is 9.84 Å². The smallest absolute Gasteiger partial charge is 0.305 e. The van der Waals surface area contributed by atoms with Gasteiger partial charge in [-0.3, -0.25) is 4.79 Å². The van der Waals surface area contributed by atoms with Crippen molar-refractivity contribution in [3.63, 3.8) is 0 Å². The molecule has 0 radical (unpaired) electrons. The summed E-state index contributed by atoms with van der Waals surface area (Å²) in [6.07, 6.45) is 7.77. The topological polar surface area (TPSA) is 46.5 Å². The molecule has 1 unspecified atom stereocenters. The summed E-state index contributed by atoms with van der Waals surface area (Å²) < 4.78 is 4.61. The molecule has 0 fully saturated rings. The first-order valence-electron chi connectivity index (χ1n) is 8.15. The maximum atomic E-state index is 10.9. The van der Waals surface area contributed by atoms with E-state index in [1.54, 1.807) is 11.8 Å². The summed E-state index contributed by atoms with van der Waals surface area (Å²) >= 11 is 1.71. The second-order valence-electron chi connectivity index (χ2n) is 5.51. The Hall–Kier alpha value is -1.00. The second-order valence-corrected chi connectivity index (χ2v) is 6.61. The molecule has 1 aromatic rings. The fourth-order valence-electron chi connectivity index (χ4n) is 2.25. The van der Waals surface area contributed by atoms with Gasteiger partial charge in [0.2, 0.25) is 0 Å². The molecule has 0 aromatic heterocycles. The first-order chi connectivity index (χ1) is 10.7. The molecule has 0 aliphatic rings. The Kier molecular flexibility index (Phi) is 10.9. The molecule has 0 aliphatic heterocycles. The standard InChI is InChI=1S/C18H28O3S/c1-21-18(20)14-10-5-3-2-4-7-11-16(19)15-22-17-12-8-6-9-13-17/h6,8-9,12-13,16,19H,2-5,7,10-11,14-15H2,1H3. The molecule has 1 atom stereocenters. The lowest BCUT2D eigenvalue weighted by Crippen LogP contribution is -2.09. The van der Waals surface area contributed by atoms with Crippen LogP contribution in [-0.4, -0.2) is 30.0 Å². The fourth-order valence-corrected chi connectivity index (χ4v) is 3.15. The van der Waals surface area contributed by atoms with Crippen LogP contribution in [0.2, 0.25) is 0 Å². The molecule has 1 N–H and O–H groups in total. The van der Waals surface area contributed by atoms with Crippen LogP contribution < -0.4 is 0 Å². The predicted octanol–water partition coefficient (Wildman–Crippen LogP) is 4.43. The molecule has 124 valence electrons. The van der Waals surface area contributed by atoms with E-state index in [1.807, 2.05) is 18.2 Å². The van der Waals surface area contributed by atoms with E-state index in [0.717, 1.165) is 44.3 Å². The quantitative estimate of drug-likeness (QED) is 0.351. The van der Waals surface area contributed by atoms with Crippen molar-refractivity contribution in [3.8, 4) is 0 Å². The van der Waals surface area contributed by atoms with Crippen molar-refractivity contribution in [2.45, 2.75) is 62.4 Å². The first kappa shape index (κ1) is 19.0. The van der Waals surface area contributed by atoms with Crippen molar-refractivity contribution in [1.82, 2.24) is 0 Å². The number of hydrogen-bond donors (Lipinski definition) is 1.